The maximum atomic E-state index is 12.2. The average molecular weight is 262 g/mol. The minimum atomic E-state index is -0.607. The minimum absolute atomic E-state index is 0.354. The van der Waals surface area contributed by atoms with Gasteiger partial charge >= 0.3 is 6.09 Å². The Balaban J connectivity index is 1.97. The zero-order valence-electron chi connectivity index (χ0n) is 11.0. The van der Waals surface area contributed by atoms with E-state index in [1.165, 1.54) is 6.42 Å². The fourth-order valence-corrected chi connectivity index (χ4v) is 2.70. The number of hydrogen-bond acceptors (Lipinski definition) is 4. The second kappa shape index (κ2) is 5.19. The third-order valence-electron chi connectivity index (χ3n) is 3.63. The molecule has 1 fully saturated rings. The molecule has 5 nitrogen and oxygen atoms in total. The predicted octanol–water partition coefficient (Wildman–Crippen LogP) is 2.69. The minimum Gasteiger partial charge on any atom is -0.414 e. The third-order valence-corrected chi connectivity index (χ3v) is 3.63. The van der Waals surface area contributed by atoms with Crippen LogP contribution in [-0.4, -0.2) is 31.3 Å². The molecule has 3 rings (SSSR count). The van der Waals surface area contributed by atoms with Crippen LogP contribution in [-0.2, 0) is 9.47 Å². The number of nitrogens with zero attached hydrogens (tertiary/aromatic N) is 2. The van der Waals surface area contributed by atoms with Gasteiger partial charge in [-0.05, 0) is 18.9 Å². The van der Waals surface area contributed by atoms with Gasteiger partial charge in [0.05, 0.1) is 5.69 Å². The molecular weight excluding hydrogens is 244 g/mol. The van der Waals surface area contributed by atoms with Crippen molar-refractivity contribution in [3.8, 4) is 0 Å². The molecule has 102 valence electrons. The lowest BCUT2D eigenvalue weighted by Crippen LogP contribution is -2.52. The van der Waals surface area contributed by atoms with Crippen LogP contribution in [0.2, 0.25) is 0 Å². The Hall–Kier alpha value is -1.59. The van der Waals surface area contributed by atoms with E-state index in [2.05, 4.69) is 5.01 Å². The summed E-state index contributed by atoms with van der Waals surface area (Å²) in [7, 11) is 1.55. The number of para-hydroxylation sites is 1. The molecule has 1 amide bonds. The first-order valence-corrected chi connectivity index (χ1v) is 6.68. The highest BCUT2D eigenvalue weighted by atomic mass is 16.7. The molecule has 1 atom stereocenters. The monoisotopic (exact) mass is 262 g/mol. The van der Waals surface area contributed by atoms with Crippen LogP contribution >= 0.6 is 0 Å². The largest absolute Gasteiger partial charge is 0.431 e. The van der Waals surface area contributed by atoms with Crippen molar-refractivity contribution >= 4 is 11.8 Å². The SMILES string of the molecule is COC1OC(=O)N(N2CCCCC2)c2ccccc21. The number of ether oxygens (including phenoxy) is 2. The van der Waals surface area contributed by atoms with Crippen molar-refractivity contribution in [1.29, 1.82) is 0 Å². The quantitative estimate of drug-likeness (QED) is 0.821. The Labute approximate surface area is 112 Å². The number of amides is 1. The van der Waals surface area contributed by atoms with Gasteiger partial charge in [-0.1, -0.05) is 24.6 Å². The van der Waals surface area contributed by atoms with Crippen LogP contribution in [0, 0.1) is 0 Å². The molecule has 1 aromatic rings. The van der Waals surface area contributed by atoms with E-state index in [9.17, 15) is 4.79 Å². The van der Waals surface area contributed by atoms with E-state index in [4.69, 9.17) is 9.47 Å². The van der Waals surface area contributed by atoms with E-state index in [0.717, 1.165) is 37.2 Å². The second-order valence-corrected chi connectivity index (χ2v) is 4.84. The van der Waals surface area contributed by atoms with Crippen molar-refractivity contribution in [3.05, 3.63) is 29.8 Å². The molecule has 2 aliphatic rings. The summed E-state index contributed by atoms with van der Waals surface area (Å²) in [6, 6.07) is 7.74. The molecule has 0 aromatic heterocycles. The molecule has 19 heavy (non-hydrogen) atoms. The zero-order valence-corrected chi connectivity index (χ0v) is 11.0. The summed E-state index contributed by atoms with van der Waals surface area (Å²) in [5.41, 5.74) is 1.77. The van der Waals surface area contributed by atoms with Crippen molar-refractivity contribution < 1.29 is 14.3 Å². The summed E-state index contributed by atoms with van der Waals surface area (Å²) in [6.07, 6.45) is 2.48. The first-order chi connectivity index (χ1) is 9.31. The molecular formula is C14H18N2O3. The maximum Gasteiger partial charge on any atom is 0.431 e. The molecule has 2 aliphatic heterocycles. The number of carbonyl (C=O) groups excluding carboxylic acids is 1. The number of cyclic esters (lactones) is 1. The summed E-state index contributed by atoms with van der Waals surface area (Å²) >= 11 is 0. The van der Waals surface area contributed by atoms with E-state index < -0.39 is 6.29 Å². The van der Waals surface area contributed by atoms with Crippen LogP contribution in [0.15, 0.2) is 24.3 Å². The fraction of sp³-hybridized carbons (Fsp3) is 0.500. The molecule has 0 radical (unpaired) electrons. The van der Waals surface area contributed by atoms with Crippen LogP contribution in [0.1, 0.15) is 31.1 Å². The number of hydrazine groups is 1. The van der Waals surface area contributed by atoms with E-state index in [1.54, 1.807) is 12.1 Å². The van der Waals surface area contributed by atoms with E-state index in [1.807, 2.05) is 24.3 Å². The number of carbonyl (C=O) groups is 1. The van der Waals surface area contributed by atoms with Crippen LogP contribution in [0.3, 0.4) is 0 Å². The molecule has 0 N–H and O–H groups in total. The Morgan fingerprint density at radius 2 is 1.95 bits per heavy atom. The highest BCUT2D eigenvalue weighted by molar-refractivity contribution is 5.89. The van der Waals surface area contributed by atoms with Crippen molar-refractivity contribution in [3.63, 3.8) is 0 Å². The molecule has 0 saturated carbocycles. The van der Waals surface area contributed by atoms with Gasteiger partial charge in [-0.2, -0.15) is 0 Å². The molecule has 2 heterocycles. The number of fused-ring (bicyclic) bond motifs is 1. The van der Waals surface area contributed by atoms with Crippen molar-refractivity contribution in [2.75, 3.05) is 25.2 Å². The lowest BCUT2D eigenvalue weighted by Gasteiger charge is -2.41. The Kier molecular flexibility index (Phi) is 3.40. The molecule has 1 saturated heterocycles. The lowest BCUT2D eigenvalue weighted by molar-refractivity contribution is -0.0908. The van der Waals surface area contributed by atoms with E-state index in [0.29, 0.717) is 0 Å². The van der Waals surface area contributed by atoms with Gasteiger partial charge in [0.25, 0.3) is 0 Å². The Bertz CT molecular complexity index is 472. The number of anilines is 1. The highest BCUT2D eigenvalue weighted by Gasteiger charge is 2.36. The normalized spacial score (nSPS) is 23.9. The molecule has 1 aromatic carbocycles. The zero-order chi connectivity index (χ0) is 13.2. The van der Waals surface area contributed by atoms with Crippen LogP contribution in [0.5, 0.6) is 0 Å². The number of rotatable bonds is 2. The van der Waals surface area contributed by atoms with Gasteiger partial charge in [0.15, 0.2) is 0 Å². The van der Waals surface area contributed by atoms with Crippen LogP contribution in [0.25, 0.3) is 0 Å². The predicted molar refractivity (Wildman–Crippen MR) is 70.6 cm³/mol. The van der Waals surface area contributed by atoms with Gasteiger partial charge in [0.1, 0.15) is 0 Å². The Morgan fingerprint density at radius 3 is 2.68 bits per heavy atom. The standard InChI is InChI=1S/C14H18N2O3/c1-18-13-11-7-3-4-8-12(11)16(14(17)19-13)15-9-5-2-6-10-15/h3-4,7-8,13H,2,5-6,9-10H2,1H3. The van der Waals surface area contributed by atoms with E-state index in [-0.39, 0.29) is 6.09 Å². The first kappa shape index (κ1) is 12.4. The summed E-state index contributed by atoms with van der Waals surface area (Å²) < 4.78 is 10.6. The van der Waals surface area contributed by atoms with Crippen LogP contribution in [0.4, 0.5) is 10.5 Å². The van der Waals surface area contributed by atoms with Gasteiger partial charge in [0, 0.05) is 25.8 Å². The summed E-state index contributed by atoms with van der Waals surface area (Å²) in [5.74, 6) is 0. The van der Waals surface area contributed by atoms with Gasteiger partial charge in [-0.3, -0.25) is 0 Å². The number of benzene rings is 1. The van der Waals surface area contributed by atoms with Gasteiger partial charge in [-0.25, -0.2) is 14.8 Å². The number of piperidine rings is 1. The van der Waals surface area contributed by atoms with Crippen molar-refractivity contribution in [2.45, 2.75) is 25.6 Å². The highest BCUT2D eigenvalue weighted by Crippen LogP contribution is 2.36. The topological polar surface area (TPSA) is 42.0 Å². The lowest BCUT2D eigenvalue weighted by atomic mass is 10.1. The summed E-state index contributed by atoms with van der Waals surface area (Å²) in [4.78, 5) is 12.2. The van der Waals surface area contributed by atoms with Crippen LogP contribution < -0.4 is 5.01 Å². The number of methoxy groups -OCH3 is 1. The molecule has 0 bridgehead atoms. The Morgan fingerprint density at radius 1 is 1.21 bits per heavy atom. The molecule has 0 aliphatic carbocycles. The smallest absolute Gasteiger partial charge is 0.414 e. The third kappa shape index (κ3) is 2.19. The van der Waals surface area contributed by atoms with Gasteiger partial charge < -0.3 is 9.47 Å². The van der Waals surface area contributed by atoms with Crippen molar-refractivity contribution in [1.82, 2.24) is 5.01 Å². The summed E-state index contributed by atoms with van der Waals surface area (Å²) in [6.45, 7) is 1.78. The van der Waals surface area contributed by atoms with Crippen molar-refractivity contribution in [2.24, 2.45) is 0 Å². The van der Waals surface area contributed by atoms with Gasteiger partial charge in [0.2, 0.25) is 6.29 Å². The maximum absolute atomic E-state index is 12.2. The summed E-state index contributed by atoms with van der Waals surface area (Å²) in [5, 5.41) is 3.72. The van der Waals surface area contributed by atoms with Gasteiger partial charge in [-0.15, -0.1) is 0 Å². The molecule has 5 heteroatoms. The van der Waals surface area contributed by atoms with E-state index >= 15 is 0 Å². The number of hydrogen-bond donors (Lipinski definition) is 0. The molecule has 1 unspecified atom stereocenters. The first-order valence-electron chi connectivity index (χ1n) is 6.68. The average Bonchev–Trinajstić information content (AvgIpc) is 2.47. The second-order valence-electron chi connectivity index (χ2n) is 4.84. The molecule has 0 spiro atoms. The fourth-order valence-electron chi connectivity index (χ4n) is 2.70.